The fourth-order valence-electron chi connectivity index (χ4n) is 16.8. The van der Waals surface area contributed by atoms with E-state index < -0.39 is 200 Å². The summed E-state index contributed by atoms with van der Waals surface area (Å²) in [6, 6.07) is 0. The molecule has 0 aromatic carbocycles. The van der Waals surface area contributed by atoms with E-state index in [2.05, 4.69) is 40.7 Å². The van der Waals surface area contributed by atoms with E-state index in [9.17, 15) is 76.3 Å². The molecule has 464 valence electrons. The van der Waals surface area contributed by atoms with E-state index in [-0.39, 0.29) is 30.3 Å². The van der Waals surface area contributed by atoms with Gasteiger partial charge in [-0.2, -0.15) is 0 Å². The number of hydrogen-bond acceptors (Lipinski definition) is 25. The van der Waals surface area contributed by atoms with Crippen LogP contribution in [-0.2, 0) is 52.2 Å². The number of rotatable bonds is 13. The summed E-state index contributed by atoms with van der Waals surface area (Å²) in [6.45, 7) is 13.0. The van der Waals surface area contributed by atoms with Gasteiger partial charge in [-0.3, -0.25) is 9.59 Å². The van der Waals surface area contributed by atoms with Crippen molar-refractivity contribution >= 4 is 11.9 Å². The molecule has 0 unspecified atom stereocenters. The van der Waals surface area contributed by atoms with Gasteiger partial charge in [-0.05, 0) is 104 Å². The number of fused-ring (bicyclic) bond motifs is 7. The quantitative estimate of drug-likeness (QED) is 0.0515. The molecule has 30 atom stereocenters. The molecule has 9 rings (SSSR count). The Morgan fingerprint density at radius 2 is 1.10 bits per heavy atom. The molecule has 0 radical (unpaired) electrons. The summed E-state index contributed by atoms with van der Waals surface area (Å²) < 4.78 is 54.5. The zero-order valence-electron chi connectivity index (χ0n) is 47.5. The van der Waals surface area contributed by atoms with Gasteiger partial charge in [0, 0.05) is 12.3 Å². The number of allylic oxidation sites excluding steroid dienone is 2. The van der Waals surface area contributed by atoms with Gasteiger partial charge in [0.2, 0.25) is 6.29 Å². The van der Waals surface area contributed by atoms with Crippen molar-refractivity contribution in [1.29, 1.82) is 0 Å². The lowest BCUT2D eigenvalue weighted by molar-refractivity contribution is -0.387. The van der Waals surface area contributed by atoms with Crippen molar-refractivity contribution < 1.29 is 124 Å². The van der Waals surface area contributed by atoms with Gasteiger partial charge in [0.15, 0.2) is 25.0 Å². The largest absolute Gasteiger partial charge is 0.465 e. The highest BCUT2D eigenvalue weighted by Crippen LogP contribution is 2.76. The number of hydrogen-bond donors (Lipinski definition) is 14. The monoisotopic (exact) mass is 1160 g/mol. The van der Waals surface area contributed by atoms with Crippen LogP contribution in [-0.4, -0.2) is 245 Å². The van der Waals surface area contributed by atoms with Crippen molar-refractivity contribution in [2.75, 3.05) is 26.4 Å². The third kappa shape index (κ3) is 10.6. The molecule has 0 aromatic heterocycles. The molecule has 14 N–H and O–H groups in total. The maximum atomic E-state index is 15.7. The Bertz CT molecular complexity index is 2270. The summed E-state index contributed by atoms with van der Waals surface area (Å²) in [6.07, 6.45) is -29.9. The topological polar surface area (TPSA) is 400 Å². The van der Waals surface area contributed by atoms with Crippen molar-refractivity contribution in [1.82, 2.24) is 0 Å². The number of carbonyl (C=O) groups excluding carboxylic acids is 2. The van der Waals surface area contributed by atoms with E-state index in [0.29, 0.717) is 51.4 Å². The molecule has 4 saturated carbocycles. The molecule has 4 heterocycles. The van der Waals surface area contributed by atoms with Crippen LogP contribution in [0.3, 0.4) is 0 Å². The summed E-state index contributed by atoms with van der Waals surface area (Å²) in [5, 5.41) is 152. The van der Waals surface area contributed by atoms with Crippen LogP contribution < -0.4 is 0 Å². The van der Waals surface area contributed by atoms with Crippen molar-refractivity contribution in [2.45, 2.75) is 248 Å². The SMILES string of the molecule is CC(=O)OC[C@@]1(C)[C@@H]2CC[C@]3(C)[C@H](CC=C4[C@@H]5CC(C)(C)CC[C@]5(C(=O)O[C@@H]5O[C@H](CO)[C@@H](O)[C@H](O[C@@H]6O[C@H](CO)[C@@H](O)[C@H](O)[C@H]6O)[C@H]5O[C@@H]5O[C@@H](C)[C@H](O)[C@@H](O)[C@H]5O)CC[C@]43C)[C@@]2(C)C[C@H](O)[C@@H]1O[C@@H]1O[C@H](CO)[C@@H](O)[C@H](O)[C@H]1O. The van der Waals surface area contributed by atoms with Gasteiger partial charge >= 0.3 is 11.9 Å². The molecule has 8 fully saturated rings. The summed E-state index contributed by atoms with van der Waals surface area (Å²) in [5.41, 5.74) is -3.15. The third-order valence-electron chi connectivity index (χ3n) is 21.7. The van der Waals surface area contributed by atoms with E-state index in [1.54, 1.807) is 0 Å². The molecule has 9 aliphatic rings. The van der Waals surface area contributed by atoms with Gasteiger partial charge in [0.1, 0.15) is 85.5 Å². The molecule has 0 aromatic rings. The fraction of sp³-hybridized carbons (Fsp3) is 0.929. The number of aliphatic hydroxyl groups excluding tert-OH is 14. The first kappa shape index (κ1) is 63.3. The van der Waals surface area contributed by atoms with Crippen LogP contribution in [0.1, 0.15) is 113 Å². The first-order chi connectivity index (χ1) is 37.9. The van der Waals surface area contributed by atoms with Crippen LogP contribution in [0, 0.1) is 50.2 Å². The predicted molar refractivity (Wildman–Crippen MR) is 274 cm³/mol. The second kappa shape index (κ2) is 23.2. The Kier molecular flexibility index (Phi) is 18.1. The van der Waals surface area contributed by atoms with Crippen molar-refractivity contribution in [3.05, 3.63) is 11.6 Å². The van der Waals surface area contributed by atoms with Gasteiger partial charge < -0.3 is 114 Å². The van der Waals surface area contributed by atoms with Crippen molar-refractivity contribution in [3.8, 4) is 0 Å². The molecule has 4 saturated heterocycles. The van der Waals surface area contributed by atoms with Crippen molar-refractivity contribution in [3.63, 3.8) is 0 Å². The summed E-state index contributed by atoms with van der Waals surface area (Å²) >= 11 is 0. The zero-order chi connectivity index (χ0) is 59.4. The minimum atomic E-state index is -1.99. The Labute approximate surface area is 471 Å². The van der Waals surface area contributed by atoms with Gasteiger partial charge in [-0.15, -0.1) is 0 Å². The lowest BCUT2D eigenvalue weighted by Crippen LogP contribution is -2.70. The Morgan fingerprint density at radius 3 is 1.68 bits per heavy atom. The molecule has 0 bridgehead atoms. The minimum absolute atomic E-state index is 0.0937. The van der Waals surface area contributed by atoms with Crippen LogP contribution in [0.2, 0.25) is 0 Å². The van der Waals surface area contributed by atoms with Crippen LogP contribution in [0.5, 0.6) is 0 Å². The van der Waals surface area contributed by atoms with E-state index in [1.807, 2.05) is 6.92 Å². The standard InChI is InChI=1S/C56H90O25/c1-23-33(62)37(66)40(69)46(74-23)79-44-43(78-47-41(70)38(67)34(63)28(19-57)75-47)36(65)30(21-59)77-49(44)81-50(72)56-15-13-51(3,4)17-26(56)25-9-10-32-52(5)18-27(61)45(80-48-42(71)39(68)35(64)29(20-58)76-48)53(6,22-73-24(2)60)31(52)11-12-55(32,8)54(25,7)14-16-56/h9,23,26-49,57-59,61-71H,10-22H2,1-8H3/t23-,26-,27-,28+,29+,30+,31+,32+,33-,34+,35+,36+,37+,38-,39-,40+,41+,42+,43-,44+,45-,46-,47-,48-,49-,52-,53-,54+,55+,56-/m0/s1. The molecule has 5 aliphatic carbocycles. The van der Waals surface area contributed by atoms with E-state index in [0.717, 1.165) is 5.57 Å². The summed E-state index contributed by atoms with van der Waals surface area (Å²) in [4.78, 5) is 28.3. The smallest absolute Gasteiger partial charge is 0.315 e. The second-order valence-corrected chi connectivity index (χ2v) is 26.9. The molecular weight excluding hydrogens is 1070 g/mol. The highest BCUT2D eigenvalue weighted by Gasteiger charge is 2.72. The Hall–Kier alpha value is -2.16. The van der Waals surface area contributed by atoms with Crippen LogP contribution in [0.25, 0.3) is 0 Å². The maximum absolute atomic E-state index is 15.7. The van der Waals surface area contributed by atoms with Gasteiger partial charge in [0.25, 0.3) is 0 Å². The van der Waals surface area contributed by atoms with Gasteiger partial charge in [-0.1, -0.05) is 53.2 Å². The highest BCUT2D eigenvalue weighted by atomic mass is 16.8. The van der Waals surface area contributed by atoms with Crippen LogP contribution in [0.4, 0.5) is 0 Å². The van der Waals surface area contributed by atoms with Crippen molar-refractivity contribution in [2.24, 2.45) is 50.2 Å². The van der Waals surface area contributed by atoms with Crippen LogP contribution >= 0.6 is 0 Å². The number of aliphatic hydroxyl groups is 14. The normalized spacial score (nSPS) is 53.4. The van der Waals surface area contributed by atoms with Crippen LogP contribution in [0.15, 0.2) is 11.6 Å². The van der Waals surface area contributed by atoms with E-state index in [4.69, 9.17) is 42.6 Å². The molecule has 25 nitrogen and oxygen atoms in total. The molecule has 0 amide bonds. The Morgan fingerprint density at radius 1 is 0.580 bits per heavy atom. The third-order valence-corrected chi connectivity index (χ3v) is 21.7. The maximum Gasteiger partial charge on any atom is 0.315 e. The second-order valence-electron chi connectivity index (χ2n) is 26.9. The van der Waals surface area contributed by atoms with E-state index in [1.165, 1.54) is 13.8 Å². The number of carbonyl (C=O) groups is 2. The molecule has 0 spiro atoms. The predicted octanol–water partition coefficient (Wildman–Crippen LogP) is -2.49. The lowest BCUT2D eigenvalue weighted by Gasteiger charge is -2.71. The minimum Gasteiger partial charge on any atom is -0.465 e. The summed E-state index contributed by atoms with van der Waals surface area (Å²) in [7, 11) is 0. The molecule has 4 aliphatic heterocycles. The summed E-state index contributed by atoms with van der Waals surface area (Å²) in [5.74, 6) is -2.03. The lowest BCUT2D eigenvalue weighted by atomic mass is 9.33. The highest BCUT2D eigenvalue weighted by molar-refractivity contribution is 5.79. The first-order valence-corrected chi connectivity index (χ1v) is 28.8. The molecule has 81 heavy (non-hydrogen) atoms. The molecule has 25 heteroatoms. The van der Waals surface area contributed by atoms with E-state index >= 15 is 4.79 Å². The average Bonchev–Trinajstić information content (AvgIpc) is 1.09. The average molecular weight is 1160 g/mol. The number of ether oxygens (including phenoxy) is 9. The first-order valence-electron chi connectivity index (χ1n) is 28.8. The fourth-order valence-corrected chi connectivity index (χ4v) is 16.8. The Balaban J connectivity index is 1.04. The number of esters is 2. The zero-order valence-corrected chi connectivity index (χ0v) is 47.5. The molecular formula is C56H90O25. The van der Waals surface area contributed by atoms with Gasteiger partial charge in [0.05, 0.1) is 50.2 Å². The van der Waals surface area contributed by atoms with Gasteiger partial charge in [-0.25, -0.2) is 0 Å².